The number of carbonyl (C=O) groups excluding carboxylic acids is 2. The fourth-order valence-corrected chi connectivity index (χ4v) is 0.921. The minimum Gasteiger partial charge on any atom is -0.512 e. The van der Waals surface area contributed by atoms with Gasteiger partial charge in [-0.1, -0.05) is 0 Å². The molecule has 0 aliphatic rings. The van der Waals surface area contributed by atoms with Gasteiger partial charge in [0.05, 0.1) is 13.2 Å². The lowest BCUT2D eigenvalue weighted by atomic mass is 10.2. The standard InChI is InChI=1S/C11H17NO5/c1-4-16-10(14)7-12-6-9(8(3)13)11(15)17-5-2/h6,13H,4-5,7H2,1-3H3. The average molecular weight is 243 g/mol. The molecule has 17 heavy (non-hydrogen) atoms. The fraction of sp³-hybridized carbons (Fsp3) is 0.545. The molecule has 0 amide bonds. The number of aliphatic imine (C=N–C) groups is 1. The lowest BCUT2D eigenvalue weighted by Crippen LogP contribution is -2.12. The van der Waals surface area contributed by atoms with Gasteiger partial charge in [-0.3, -0.25) is 9.79 Å². The van der Waals surface area contributed by atoms with Crippen molar-refractivity contribution in [2.45, 2.75) is 20.8 Å². The second-order valence-electron chi connectivity index (χ2n) is 2.99. The Hall–Kier alpha value is -1.85. The predicted octanol–water partition coefficient (Wildman–Crippen LogP) is 1.02. The zero-order valence-electron chi connectivity index (χ0n) is 10.2. The van der Waals surface area contributed by atoms with Gasteiger partial charge in [-0.15, -0.1) is 0 Å². The summed E-state index contributed by atoms with van der Waals surface area (Å²) < 4.78 is 9.35. The van der Waals surface area contributed by atoms with Crippen molar-refractivity contribution < 1.29 is 24.2 Å². The Morgan fingerprint density at radius 2 is 1.82 bits per heavy atom. The van der Waals surface area contributed by atoms with E-state index in [0.717, 1.165) is 6.21 Å². The number of hydrogen-bond acceptors (Lipinski definition) is 6. The van der Waals surface area contributed by atoms with Gasteiger partial charge in [-0.05, 0) is 20.8 Å². The minimum atomic E-state index is -0.680. The molecule has 0 unspecified atom stereocenters. The number of rotatable bonds is 6. The highest BCUT2D eigenvalue weighted by Crippen LogP contribution is 2.01. The molecule has 0 spiro atoms. The van der Waals surface area contributed by atoms with Crippen molar-refractivity contribution in [2.75, 3.05) is 19.8 Å². The molecule has 0 aromatic rings. The molecule has 6 nitrogen and oxygen atoms in total. The van der Waals surface area contributed by atoms with Crippen LogP contribution in [0, 0.1) is 0 Å². The van der Waals surface area contributed by atoms with E-state index in [9.17, 15) is 14.7 Å². The molecule has 0 saturated heterocycles. The first-order valence-corrected chi connectivity index (χ1v) is 5.25. The summed E-state index contributed by atoms with van der Waals surface area (Å²) in [5, 5.41) is 9.25. The van der Waals surface area contributed by atoms with E-state index in [1.807, 2.05) is 0 Å². The monoisotopic (exact) mass is 243 g/mol. The molecule has 6 heteroatoms. The number of carbonyl (C=O) groups is 2. The number of hydrogen-bond donors (Lipinski definition) is 1. The molecule has 0 radical (unpaired) electrons. The van der Waals surface area contributed by atoms with E-state index < -0.39 is 11.9 Å². The summed E-state index contributed by atoms with van der Waals surface area (Å²) in [5.41, 5.74) is -0.0730. The van der Waals surface area contributed by atoms with Gasteiger partial charge in [-0.2, -0.15) is 0 Å². The molecule has 1 N–H and O–H groups in total. The lowest BCUT2D eigenvalue weighted by Gasteiger charge is -2.03. The maximum Gasteiger partial charge on any atom is 0.343 e. The third-order valence-electron chi connectivity index (χ3n) is 1.63. The molecule has 0 atom stereocenters. The number of esters is 2. The maximum atomic E-state index is 11.3. The largest absolute Gasteiger partial charge is 0.512 e. The highest BCUT2D eigenvalue weighted by atomic mass is 16.5. The van der Waals surface area contributed by atoms with Crippen LogP contribution >= 0.6 is 0 Å². The topological polar surface area (TPSA) is 85.2 Å². The predicted molar refractivity (Wildman–Crippen MR) is 62.0 cm³/mol. The summed E-state index contributed by atoms with van der Waals surface area (Å²) in [6.07, 6.45) is 1.10. The number of aliphatic hydroxyl groups is 1. The van der Waals surface area contributed by atoms with Crippen molar-refractivity contribution in [1.29, 1.82) is 0 Å². The molecule has 96 valence electrons. The lowest BCUT2D eigenvalue weighted by molar-refractivity contribution is -0.141. The van der Waals surface area contributed by atoms with E-state index in [2.05, 4.69) is 9.73 Å². The van der Waals surface area contributed by atoms with Crippen LogP contribution in [0.1, 0.15) is 20.8 Å². The van der Waals surface area contributed by atoms with Crippen LogP contribution in [0.5, 0.6) is 0 Å². The van der Waals surface area contributed by atoms with E-state index in [0.29, 0.717) is 0 Å². The van der Waals surface area contributed by atoms with Crippen molar-refractivity contribution >= 4 is 18.2 Å². The molecule has 0 fully saturated rings. The summed E-state index contributed by atoms with van der Waals surface area (Å²) in [7, 11) is 0. The van der Waals surface area contributed by atoms with Gasteiger partial charge in [0.2, 0.25) is 0 Å². The molecule has 0 aliphatic heterocycles. The maximum absolute atomic E-state index is 11.3. The molecule has 0 saturated carbocycles. The molecule has 0 aliphatic carbocycles. The number of aliphatic hydroxyl groups excluding tert-OH is 1. The van der Waals surface area contributed by atoms with Gasteiger partial charge in [0, 0.05) is 6.21 Å². The summed E-state index contributed by atoms with van der Waals surface area (Å²) in [4.78, 5) is 26.0. The molecular formula is C11H17NO5. The second-order valence-corrected chi connectivity index (χ2v) is 2.99. The summed E-state index contributed by atoms with van der Waals surface area (Å²) >= 11 is 0. The van der Waals surface area contributed by atoms with E-state index in [-0.39, 0.29) is 31.1 Å². The quantitative estimate of drug-likeness (QED) is 0.326. The van der Waals surface area contributed by atoms with Crippen LogP contribution in [-0.2, 0) is 19.1 Å². The smallest absolute Gasteiger partial charge is 0.343 e. The summed E-state index contributed by atoms with van der Waals surface area (Å²) in [6, 6.07) is 0. The van der Waals surface area contributed by atoms with Crippen LogP contribution in [0.15, 0.2) is 16.3 Å². The normalized spacial score (nSPS) is 12.2. The molecular weight excluding hydrogens is 226 g/mol. The van der Waals surface area contributed by atoms with Crippen molar-refractivity contribution in [3.63, 3.8) is 0 Å². The summed E-state index contributed by atoms with van der Waals surface area (Å²) in [6.45, 7) is 4.93. The van der Waals surface area contributed by atoms with Crippen molar-refractivity contribution in [1.82, 2.24) is 0 Å². The Bertz CT molecular complexity index is 329. The SMILES string of the molecule is CCOC(=O)CN=CC(C(=O)OCC)=C(C)O. The van der Waals surface area contributed by atoms with Gasteiger partial charge >= 0.3 is 11.9 Å². The average Bonchev–Trinajstić information content (AvgIpc) is 2.24. The number of ether oxygens (including phenoxy) is 2. The number of allylic oxidation sites excluding steroid dienone is 1. The van der Waals surface area contributed by atoms with Gasteiger partial charge in [0.15, 0.2) is 0 Å². The zero-order chi connectivity index (χ0) is 13.3. The van der Waals surface area contributed by atoms with Gasteiger partial charge in [-0.25, -0.2) is 4.79 Å². The van der Waals surface area contributed by atoms with Crippen LogP contribution in [0.4, 0.5) is 0 Å². The number of nitrogens with zero attached hydrogens (tertiary/aromatic N) is 1. The van der Waals surface area contributed by atoms with E-state index in [1.54, 1.807) is 13.8 Å². The Kier molecular flexibility index (Phi) is 7.41. The van der Waals surface area contributed by atoms with Crippen molar-refractivity contribution in [3.8, 4) is 0 Å². The highest BCUT2D eigenvalue weighted by Gasteiger charge is 2.11. The Morgan fingerprint density at radius 1 is 1.24 bits per heavy atom. The second kappa shape index (κ2) is 8.32. The van der Waals surface area contributed by atoms with E-state index in [1.165, 1.54) is 6.92 Å². The van der Waals surface area contributed by atoms with Gasteiger partial charge < -0.3 is 14.6 Å². The van der Waals surface area contributed by atoms with Crippen LogP contribution in [0.25, 0.3) is 0 Å². The van der Waals surface area contributed by atoms with E-state index >= 15 is 0 Å². The third kappa shape index (κ3) is 6.34. The Labute approximate surface area is 99.9 Å². The molecule has 0 heterocycles. The first-order valence-electron chi connectivity index (χ1n) is 5.25. The molecule has 0 rings (SSSR count). The molecule has 0 aromatic carbocycles. The summed E-state index contributed by atoms with van der Waals surface area (Å²) in [5.74, 6) is -1.39. The van der Waals surface area contributed by atoms with Crippen molar-refractivity contribution in [2.24, 2.45) is 4.99 Å². The van der Waals surface area contributed by atoms with E-state index in [4.69, 9.17) is 4.74 Å². The van der Waals surface area contributed by atoms with Gasteiger partial charge in [0.1, 0.15) is 17.9 Å². The van der Waals surface area contributed by atoms with Crippen molar-refractivity contribution in [3.05, 3.63) is 11.3 Å². The van der Waals surface area contributed by atoms with Crippen LogP contribution in [-0.4, -0.2) is 43.0 Å². The van der Waals surface area contributed by atoms with Crippen LogP contribution in [0.2, 0.25) is 0 Å². The third-order valence-corrected chi connectivity index (χ3v) is 1.63. The minimum absolute atomic E-state index is 0.0730. The molecule has 0 bridgehead atoms. The zero-order valence-corrected chi connectivity index (χ0v) is 10.2. The molecule has 0 aromatic heterocycles. The Balaban J connectivity index is 4.48. The van der Waals surface area contributed by atoms with Crippen LogP contribution < -0.4 is 0 Å². The highest BCUT2D eigenvalue weighted by molar-refractivity contribution is 6.10. The van der Waals surface area contributed by atoms with Crippen LogP contribution in [0.3, 0.4) is 0 Å². The van der Waals surface area contributed by atoms with Gasteiger partial charge in [0.25, 0.3) is 0 Å². The first kappa shape index (κ1) is 15.2. The fourth-order valence-electron chi connectivity index (χ4n) is 0.921. The Morgan fingerprint density at radius 3 is 2.29 bits per heavy atom. The first-order chi connectivity index (χ1) is 8.02.